The molecule has 2 aromatic rings. The summed E-state index contributed by atoms with van der Waals surface area (Å²) in [7, 11) is 1.65. The van der Waals surface area contributed by atoms with Crippen molar-refractivity contribution in [3.8, 4) is 0 Å². The number of nitrogens with one attached hydrogen (secondary N) is 1. The van der Waals surface area contributed by atoms with Gasteiger partial charge in [-0.25, -0.2) is 4.79 Å². The molecule has 4 heterocycles. The molecule has 0 aromatic carbocycles. The molecule has 1 fully saturated rings. The summed E-state index contributed by atoms with van der Waals surface area (Å²) in [6, 6.07) is -1.14. The van der Waals surface area contributed by atoms with Crippen LogP contribution in [0.15, 0.2) is 22.6 Å². The second-order valence-electron chi connectivity index (χ2n) is 8.99. The third-order valence-electron chi connectivity index (χ3n) is 5.95. The number of carboxylic acid groups (broad SMARTS) is 2. The van der Waals surface area contributed by atoms with E-state index in [1.165, 1.54) is 25.6 Å². The summed E-state index contributed by atoms with van der Waals surface area (Å²) in [4.78, 5) is 59.6. The molecular weight excluding hydrogens is 556 g/mol. The van der Waals surface area contributed by atoms with Gasteiger partial charge in [0.25, 0.3) is 11.8 Å². The summed E-state index contributed by atoms with van der Waals surface area (Å²) in [5.41, 5.74) is 15.4. The number of nitrogen functional groups attached to an aromatic ring is 3. The number of carbonyl (C=O) groups excluding carboxylic acids is 3. The molecule has 0 saturated carbocycles. The highest BCUT2D eigenvalue weighted by Crippen LogP contribution is 2.40. The number of amides is 2. The van der Waals surface area contributed by atoms with Gasteiger partial charge >= 0.3 is 5.97 Å². The maximum Gasteiger partial charge on any atom is 0.350 e. The van der Waals surface area contributed by atoms with Crippen molar-refractivity contribution in [2.75, 3.05) is 23.0 Å². The van der Waals surface area contributed by atoms with Crippen LogP contribution in [0.4, 0.5) is 16.6 Å². The fourth-order valence-corrected chi connectivity index (χ4v) is 5.47. The minimum Gasteiger partial charge on any atom is -0.543 e. The lowest BCUT2D eigenvalue weighted by molar-refractivity contribution is -0.765. The Balaban J connectivity index is 1.57. The van der Waals surface area contributed by atoms with Crippen LogP contribution in [-0.4, -0.2) is 76.3 Å². The molecule has 0 spiro atoms. The van der Waals surface area contributed by atoms with E-state index in [1.54, 1.807) is 22.6 Å². The van der Waals surface area contributed by atoms with Gasteiger partial charge in [-0.05, 0) is 13.8 Å². The Hall–Kier alpha value is -4.39. The molecule has 0 unspecified atom stereocenters. The fourth-order valence-electron chi connectivity index (χ4n) is 3.70. The quantitative estimate of drug-likeness (QED) is 0.0839. The number of β-lactam (4-membered cyclic amide) rings is 1. The minimum atomic E-state index is -1.80. The molecule has 1 saturated heterocycles. The van der Waals surface area contributed by atoms with Crippen LogP contribution in [0.25, 0.3) is 0 Å². The predicted molar refractivity (Wildman–Crippen MR) is 135 cm³/mol. The summed E-state index contributed by atoms with van der Waals surface area (Å²) in [6.07, 6.45) is 1.54. The molecule has 0 bridgehead atoms. The zero-order valence-corrected chi connectivity index (χ0v) is 22.4. The number of hydrogen-bond acceptors (Lipinski definition) is 14. The molecule has 2 aliphatic rings. The fraction of sp³-hybridized carbons (Fsp3) is 0.400. The first kappa shape index (κ1) is 27.6. The highest BCUT2D eigenvalue weighted by Gasteiger charge is 2.53. The standard InChI is InChI=1S/C20H24N10O7S2/c1-20(2,18(35)36)37-26-9(13-25-19(23)39-27-13)14(31)24-10-15(32)30-11(17(33)34)7(6-38-16(10)30)4-29-5-8(21)12(22)28(29)3/h5,10,16,22H,4,6,21H2,1-3H3,(H5,23,24,25,27,31,33,34,35,36)/b26-9-/t10-,16-/m1/s1. The highest BCUT2D eigenvalue weighted by atomic mass is 32.2. The van der Waals surface area contributed by atoms with Gasteiger partial charge in [0, 0.05) is 22.9 Å². The molecule has 208 valence electrons. The van der Waals surface area contributed by atoms with Crippen LogP contribution in [0.5, 0.6) is 0 Å². The van der Waals surface area contributed by atoms with E-state index in [0.29, 0.717) is 17.1 Å². The molecule has 39 heavy (non-hydrogen) atoms. The number of hydrogen-bond donors (Lipinski definition) is 5. The molecule has 17 nitrogen and oxygen atoms in total. The van der Waals surface area contributed by atoms with Gasteiger partial charge in [-0.15, -0.1) is 21.1 Å². The molecule has 2 aliphatic heterocycles. The van der Waals surface area contributed by atoms with E-state index in [4.69, 9.17) is 22.0 Å². The summed E-state index contributed by atoms with van der Waals surface area (Å²) in [6.45, 7) is 2.50. The number of rotatable bonds is 9. The lowest BCUT2D eigenvalue weighted by Crippen LogP contribution is -2.71. The first-order chi connectivity index (χ1) is 18.2. The number of anilines is 3. The molecule has 2 aromatic heterocycles. The first-order valence-electron chi connectivity index (χ1n) is 11.1. The summed E-state index contributed by atoms with van der Waals surface area (Å²) < 4.78 is 7.05. The van der Waals surface area contributed by atoms with E-state index in [0.717, 1.165) is 16.4 Å². The van der Waals surface area contributed by atoms with Crippen LogP contribution < -0.4 is 32.3 Å². The van der Waals surface area contributed by atoms with Crippen molar-refractivity contribution < 1.29 is 38.9 Å². The first-order valence-corrected chi connectivity index (χ1v) is 12.9. The molecule has 19 heteroatoms. The molecule has 2 atom stereocenters. The van der Waals surface area contributed by atoms with Crippen molar-refractivity contribution in [1.29, 1.82) is 0 Å². The van der Waals surface area contributed by atoms with Crippen LogP contribution in [0.3, 0.4) is 0 Å². The van der Waals surface area contributed by atoms with Crippen LogP contribution in [-0.2, 0) is 37.6 Å². The average molecular weight is 581 g/mol. The SMILES string of the molecule is Cn1c(N)c(N)c[n+]1CC1=C(C(=O)[O-])N2C(=O)[C@@H](NC(=O)/C(=N\OC(C)(C)C(=O)O)c3nsc(N)n3)[C@H]2SC1. The highest BCUT2D eigenvalue weighted by molar-refractivity contribution is 8.00. The number of nitrogens with zero attached hydrogens (tertiary/aromatic N) is 6. The lowest BCUT2D eigenvalue weighted by atomic mass is 10.0. The third kappa shape index (κ3) is 5.04. The Morgan fingerprint density at radius 3 is 2.59 bits per heavy atom. The Morgan fingerprint density at radius 1 is 1.36 bits per heavy atom. The number of carboxylic acids is 2. The van der Waals surface area contributed by atoms with Crippen molar-refractivity contribution in [2.45, 2.75) is 37.4 Å². The average Bonchev–Trinajstić information content (AvgIpc) is 3.40. The van der Waals surface area contributed by atoms with Gasteiger partial charge in [0.05, 0.1) is 18.7 Å². The number of thioether (sulfide) groups is 1. The number of aromatic nitrogens is 4. The number of aliphatic carboxylic acids is 2. The maximum absolute atomic E-state index is 13.1. The lowest BCUT2D eigenvalue weighted by Gasteiger charge is -2.50. The Kier molecular flexibility index (Phi) is 7.13. The van der Waals surface area contributed by atoms with Crippen LogP contribution >= 0.6 is 23.3 Å². The molecule has 4 rings (SSSR count). The van der Waals surface area contributed by atoms with Gasteiger partial charge in [0.2, 0.25) is 23.3 Å². The number of fused-ring (bicyclic) bond motifs is 1. The summed E-state index contributed by atoms with van der Waals surface area (Å²) >= 11 is 1.99. The number of nitrogens with two attached hydrogens (primary N) is 3. The molecule has 8 N–H and O–H groups in total. The zero-order chi connectivity index (χ0) is 28.8. The Bertz CT molecular complexity index is 1450. The smallest absolute Gasteiger partial charge is 0.350 e. The molecular formula is C20H24N10O7S2. The largest absolute Gasteiger partial charge is 0.543 e. The van der Waals surface area contributed by atoms with Crippen molar-refractivity contribution in [3.05, 3.63) is 23.3 Å². The minimum absolute atomic E-state index is 0.00703. The normalized spacial score (nSPS) is 19.4. The van der Waals surface area contributed by atoms with Gasteiger partial charge in [0.15, 0.2) is 17.5 Å². The Morgan fingerprint density at radius 2 is 2.05 bits per heavy atom. The van der Waals surface area contributed by atoms with E-state index < -0.39 is 46.5 Å². The summed E-state index contributed by atoms with van der Waals surface area (Å²) in [5, 5.41) is 26.7. The topological polar surface area (TPSA) is 261 Å². The van der Waals surface area contributed by atoms with Gasteiger partial charge in [0.1, 0.15) is 17.1 Å². The number of carbonyl (C=O) groups is 4. The Labute approximate surface area is 228 Å². The maximum atomic E-state index is 13.1. The second kappa shape index (κ2) is 10.1. The van der Waals surface area contributed by atoms with Crippen LogP contribution in [0.2, 0.25) is 0 Å². The van der Waals surface area contributed by atoms with E-state index in [1.807, 2.05) is 0 Å². The van der Waals surface area contributed by atoms with Crippen LogP contribution in [0.1, 0.15) is 19.7 Å². The van der Waals surface area contributed by atoms with Crippen LogP contribution in [0, 0.1) is 0 Å². The zero-order valence-electron chi connectivity index (χ0n) is 20.8. The van der Waals surface area contributed by atoms with Gasteiger partial charge in [-0.1, -0.05) is 5.16 Å². The van der Waals surface area contributed by atoms with Crippen molar-refractivity contribution >= 4 is 69.4 Å². The monoisotopic (exact) mass is 580 g/mol. The second-order valence-corrected chi connectivity index (χ2v) is 10.9. The van der Waals surface area contributed by atoms with E-state index in [2.05, 4.69) is 19.8 Å². The molecule has 2 amide bonds. The van der Waals surface area contributed by atoms with Crippen molar-refractivity contribution in [2.24, 2.45) is 12.2 Å². The third-order valence-corrected chi connectivity index (χ3v) is 7.83. The van der Waals surface area contributed by atoms with E-state index in [9.17, 15) is 29.4 Å². The van der Waals surface area contributed by atoms with Gasteiger partial charge in [-0.3, -0.25) is 14.5 Å². The predicted octanol–water partition coefficient (Wildman–Crippen LogP) is -3.40. The van der Waals surface area contributed by atoms with E-state index in [-0.39, 0.29) is 29.0 Å². The van der Waals surface area contributed by atoms with Crippen molar-refractivity contribution in [1.82, 2.24) is 24.3 Å². The van der Waals surface area contributed by atoms with E-state index >= 15 is 0 Å². The van der Waals surface area contributed by atoms with Gasteiger partial charge in [-0.2, -0.15) is 9.36 Å². The van der Waals surface area contributed by atoms with Crippen molar-refractivity contribution in [3.63, 3.8) is 0 Å². The van der Waals surface area contributed by atoms with Gasteiger partial charge < -0.3 is 42.4 Å². The summed E-state index contributed by atoms with van der Waals surface area (Å²) in [5.74, 6) is -4.32. The molecule has 0 radical (unpaired) electrons. The number of oxime groups is 1. The molecule has 0 aliphatic carbocycles.